The molecule has 3 N–H and O–H groups in total. The van der Waals surface area contributed by atoms with E-state index >= 15 is 0 Å². The highest BCUT2D eigenvalue weighted by Gasteiger charge is 2.15. The zero-order valence-electron chi connectivity index (χ0n) is 13.0. The first-order chi connectivity index (χ1) is 11.5. The third-order valence-electron chi connectivity index (χ3n) is 3.49. The topological polar surface area (TPSA) is 73.1 Å². The van der Waals surface area contributed by atoms with E-state index in [2.05, 4.69) is 18.2 Å². The summed E-state index contributed by atoms with van der Waals surface area (Å²) < 4.78 is 0. The Morgan fingerprint density at radius 3 is 2.38 bits per heavy atom. The number of hydrogen-bond acceptors (Lipinski definition) is 4. The molecule has 0 aromatic heterocycles. The molecule has 0 radical (unpaired) electrons. The molecule has 0 aliphatic heterocycles. The van der Waals surface area contributed by atoms with Crippen LogP contribution in [0.25, 0.3) is 0 Å². The van der Waals surface area contributed by atoms with Crippen LogP contribution in [0.4, 0.5) is 5.69 Å². The average molecular weight is 344 g/mol. The van der Waals surface area contributed by atoms with Gasteiger partial charge in [0, 0.05) is 27.9 Å². The first-order valence-electron chi connectivity index (χ1n) is 7.29. The molecular weight excluding hydrogens is 326 g/mol. The van der Waals surface area contributed by atoms with Crippen molar-refractivity contribution < 1.29 is 15.3 Å². The monoisotopic (exact) mass is 343 g/mol. The van der Waals surface area contributed by atoms with Gasteiger partial charge in [0.25, 0.3) is 0 Å². The Labute approximate surface area is 145 Å². The Morgan fingerprint density at radius 2 is 1.71 bits per heavy atom. The SMILES string of the molecule is C=CCc1cc(O)c(CC=C)c(C=Nc2cc(Cl)ccc2O)c1O. The number of aliphatic imine (C=N–C) groups is 1. The maximum atomic E-state index is 10.5. The van der Waals surface area contributed by atoms with E-state index in [0.29, 0.717) is 34.6 Å². The van der Waals surface area contributed by atoms with Crippen LogP contribution in [0.15, 0.2) is 54.6 Å². The molecule has 0 unspecified atom stereocenters. The van der Waals surface area contributed by atoms with Gasteiger partial charge in [0.15, 0.2) is 0 Å². The normalized spacial score (nSPS) is 10.9. The summed E-state index contributed by atoms with van der Waals surface area (Å²) in [6, 6.07) is 5.99. The van der Waals surface area contributed by atoms with E-state index in [-0.39, 0.29) is 22.9 Å². The number of phenols is 3. The fourth-order valence-corrected chi connectivity index (χ4v) is 2.48. The first kappa shape index (κ1) is 17.6. The Balaban J connectivity index is 2.57. The number of nitrogens with zero attached hydrogens (tertiary/aromatic N) is 1. The molecule has 124 valence electrons. The van der Waals surface area contributed by atoms with Crippen molar-refractivity contribution in [3.63, 3.8) is 0 Å². The summed E-state index contributed by atoms with van der Waals surface area (Å²) >= 11 is 5.90. The van der Waals surface area contributed by atoms with E-state index in [9.17, 15) is 15.3 Å². The molecule has 0 fully saturated rings. The number of benzene rings is 2. The highest BCUT2D eigenvalue weighted by Crippen LogP contribution is 2.35. The highest BCUT2D eigenvalue weighted by molar-refractivity contribution is 6.30. The minimum atomic E-state index is -0.0353. The number of halogens is 1. The number of aromatic hydroxyl groups is 3. The van der Waals surface area contributed by atoms with Crippen LogP contribution in [0.1, 0.15) is 16.7 Å². The molecule has 2 aromatic carbocycles. The first-order valence-corrected chi connectivity index (χ1v) is 7.66. The van der Waals surface area contributed by atoms with Gasteiger partial charge >= 0.3 is 0 Å². The lowest BCUT2D eigenvalue weighted by Crippen LogP contribution is -1.97. The summed E-state index contributed by atoms with van der Waals surface area (Å²) in [4.78, 5) is 4.19. The van der Waals surface area contributed by atoms with Crippen LogP contribution in [0.2, 0.25) is 5.02 Å². The van der Waals surface area contributed by atoms with E-state index in [1.807, 2.05) is 0 Å². The van der Waals surface area contributed by atoms with Gasteiger partial charge in [-0.15, -0.1) is 13.2 Å². The zero-order valence-corrected chi connectivity index (χ0v) is 13.8. The standard InChI is InChI=1S/C19H18ClNO3/c1-3-5-12-9-18(23)14(6-4-2)15(19(12)24)11-21-16-10-13(20)7-8-17(16)22/h3-4,7-11,22-24H,1-2,5-6H2. The van der Waals surface area contributed by atoms with Crippen molar-refractivity contribution in [3.05, 3.63) is 71.3 Å². The van der Waals surface area contributed by atoms with Crippen molar-refractivity contribution in [2.75, 3.05) is 0 Å². The van der Waals surface area contributed by atoms with Crippen LogP contribution in [0.5, 0.6) is 17.2 Å². The molecule has 2 rings (SSSR count). The molecule has 0 heterocycles. The number of rotatable bonds is 6. The van der Waals surface area contributed by atoms with Crippen molar-refractivity contribution in [1.82, 2.24) is 0 Å². The summed E-state index contributed by atoms with van der Waals surface area (Å²) in [7, 11) is 0. The van der Waals surface area contributed by atoms with Gasteiger partial charge in [-0.1, -0.05) is 23.8 Å². The number of hydrogen-bond donors (Lipinski definition) is 3. The highest BCUT2D eigenvalue weighted by atomic mass is 35.5. The van der Waals surface area contributed by atoms with Gasteiger partial charge in [-0.2, -0.15) is 0 Å². The van der Waals surface area contributed by atoms with Crippen molar-refractivity contribution >= 4 is 23.5 Å². The lowest BCUT2D eigenvalue weighted by molar-refractivity contribution is 0.450. The minimum absolute atomic E-state index is 0.00909. The third-order valence-corrected chi connectivity index (χ3v) is 3.72. The van der Waals surface area contributed by atoms with Gasteiger partial charge in [0.1, 0.15) is 22.9 Å². The van der Waals surface area contributed by atoms with Gasteiger partial charge in [0.2, 0.25) is 0 Å². The minimum Gasteiger partial charge on any atom is -0.508 e. The average Bonchev–Trinajstić information content (AvgIpc) is 2.55. The molecular formula is C19H18ClNO3. The number of allylic oxidation sites excluding steroid dienone is 2. The fourth-order valence-electron chi connectivity index (χ4n) is 2.32. The van der Waals surface area contributed by atoms with Gasteiger partial charge < -0.3 is 15.3 Å². The second-order valence-electron chi connectivity index (χ2n) is 5.17. The molecule has 5 heteroatoms. The quantitative estimate of drug-likeness (QED) is 0.405. The summed E-state index contributed by atoms with van der Waals surface area (Å²) in [5.74, 6) is 0.0167. The molecule has 0 bridgehead atoms. The zero-order chi connectivity index (χ0) is 17.7. The second kappa shape index (κ2) is 7.70. The fraction of sp³-hybridized carbons (Fsp3) is 0.105. The summed E-state index contributed by atoms with van der Waals surface area (Å²) in [5.41, 5.74) is 1.67. The van der Waals surface area contributed by atoms with E-state index in [1.165, 1.54) is 24.4 Å². The van der Waals surface area contributed by atoms with Crippen molar-refractivity contribution in [2.45, 2.75) is 12.8 Å². The maximum absolute atomic E-state index is 10.5. The predicted molar refractivity (Wildman–Crippen MR) is 97.9 cm³/mol. The molecule has 0 aliphatic rings. The van der Waals surface area contributed by atoms with E-state index < -0.39 is 0 Å². The molecule has 0 atom stereocenters. The van der Waals surface area contributed by atoms with Crippen LogP contribution < -0.4 is 0 Å². The molecule has 0 aliphatic carbocycles. The van der Waals surface area contributed by atoms with Crippen LogP contribution in [0.3, 0.4) is 0 Å². The van der Waals surface area contributed by atoms with E-state index in [4.69, 9.17) is 11.6 Å². The van der Waals surface area contributed by atoms with Gasteiger partial charge in [-0.25, -0.2) is 0 Å². The summed E-state index contributed by atoms with van der Waals surface area (Å²) in [6.45, 7) is 7.30. The van der Waals surface area contributed by atoms with Crippen molar-refractivity contribution in [1.29, 1.82) is 0 Å². The Bertz CT molecular complexity index is 813. The molecule has 0 saturated heterocycles. The van der Waals surface area contributed by atoms with Crippen LogP contribution in [-0.2, 0) is 12.8 Å². The second-order valence-corrected chi connectivity index (χ2v) is 5.61. The van der Waals surface area contributed by atoms with Gasteiger partial charge in [-0.05, 0) is 37.1 Å². The van der Waals surface area contributed by atoms with Gasteiger partial charge in [-0.3, -0.25) is 4.99 Å². The lowest BCUT2D eigenvalue weighted by atomic mass is 9.97. The Morgan fingerprint density at radius 1 is 1.00 bits per heavy atom. The molecule has 4 nitrogen and oxygen atoms in total. The smallest absolute Gasteiger partial charge is 0.141 e. The number of phenolic OH excluding ortho intramolecular Hbond substituents is 3. The Kier molecular flexibility index (Phi) is 5.66. The third kappa shape index (κ3) is 3.78. The summed E-state index contributed by atoms with van der Waals surface area (Å²) in [5, 5.41) is 31.0. The molecule has 0 spiro atoms. The van der Waals surface area contributed by atoms with E-state index in [0.717, 1.165) is 0 Å². The summed E-state index contributed by atoms with van der Waals surface area (Å²) in [6.07, 6.45) is 5.40. The van der Waals surface area contributed by atoms with Crippen LogP contribution in [0, 0.1) is 0 Å². The van der Waals surface area contributed by atoms with E-state index in [1.54, 1.807) is 18.2 Å². The lowest BCUT2D eigenvalue weighted by Gasteiger charge is -2.13. The van der Waals surface area contributed by atoms with Crippen molar-refractivity contribution in [2.24, 2.45) is 4.99 Å². The van der Waals surface area contributed by atoms with Crippen LogP contribution >= 0.6 is 11.6 Å². The Hall–Kier alpha value is -2.72. The molecule has 0 saturated carbocycles. The largest absolute Gasteiger partial charge is 0.508 e. The maximum Gasteiger partial charge on any atom is 0.141 e. The predicted octanol–water partition coefficient (Wildman–Crippen LogP) is 4.66. The molecule has 0 amide bonds. The van der Waals surface area contributed by atoms with Crippen LogP contribution in [-0.4, -0.2) is 21.5 Å². The van der Waals surface area contributed by atoms with Gasteiger partial charge in [0.05, 0.1) is 0 Å². The molecule has 24 heavy (non-hydrogen) atoms. The molecule has 2 aromatic rings. The van der Waals surface area contributed by atoms with Crippen molar-refractivity contribution in [3.8, 4) is 17.2 Å².